The van der Waals surface area contributed by atoms with Crippen molar-refractivity contribution in [2.75, 3.05) is 7.05 Å². The Labute approximate surface area is 85.5 Å². The molecule has 2 atom stereocenters. The second kappa shape index (κ2) is 3.22. The third-order valence-corrected chi connectivity index (χ3v) is 2.39. The highest BCUT2D eigenvalue weighted by Gasteiger charge is 2.47. The summed E-state index contributed by atoms with van der Waals surface area (Å²) in [4.78, 5) is 12.6. The summed E-state index contributed by atoms with van der Waals surface area (Å²) in [7, 11) is 1.67. The first kappa shape index (κ1) is 10.4. The van der Waals surface area contributed by atoms with Crippen LogP contribution in [0.5, 0.6) is 0 Å². The van der Waals surface area contributed by atoms with Crippen molar-refractivity contribution < 1.29 is 9.53 Å². The summed E-state index contributed by atoms with van der Waals surface area (Å²) >= 11 is 16.7. The van der Waals surface area contributed by atoms with E-state index >= 15 is 0 Å². The number of cyclic esters (lactones) is 1. The summed E-state index contributed by atoms with van der Waals surface area (Å²) in [6, 6.07) is -0.356. The van der Waals surface area contributed by atoms with Crippen LogP contribution in [0.25, 0.3) is 0 Å². The Balaban J connectivity index is 2.78. The lowest BCUT2D eigenvalue weighted by atomic mass is 10.3. The Hall–Kier alpha value is 0.300. The summed E-state index contributed by atoms with van der Waals surface area (Å²) in [6.07, 6.45) is -0.787. The Morgan fingerprint density at radius 2 is 2.00 bits per heavy atom. The first-order valence-corrected chi connectivity index (χ1v) is 4.46. The molecule has 0 aromatic rings. The van der Waals surface area contributed by atoms with Crippen LogP contribution >= 0.6 is 34.8 Å². The SMILES string of the molecule is C[C@H]1C(=O)O[C@H](C(Cl)(Cl)Cl)N1C. The fourth-order valence-electron chi connectivity index (χ4n) is 0.959. The molecule has 6 heteroatoms. The topological polar surface area (TPSA) is 29.5 Å². The van der Waals surface area contributed by atoms with E-state index in [1.54, 1.807) is 18.9 Å². The van der Waals surface area contributed by atoms with Crippen LogP contribution in [-0.4, -0.2) is 34.0 Å². The van der Waals surface area contributed by atoms with Crippen LogP contribution in [0.2, 0.25) is 0 Å². The summed E-state index contributed by atoms with van der Waals surface area (Å²) < 4.78 is 3.25. The van der Waals surface area contributed by atoms with E-state index in [0.717, 1.165) is 0 Å². The van der Waals surface area contributed by atoms with E-state index in [2.05, 4.69) is 0 Å². The van der Waals surface area contributed by atoms with E-state index in [-0.39, 0.29) is 12.0 Å². The highest BCUT2D eigenvalue weighted by atomic mass is 35.6. The number of alkyl halides is 3. The first-order valence-electron chi connectivity index (χ1n) is 3.33. The summed E-state index contributed by atoms with van der Waals surface area (Å²) in [5.74, 6) is -0.367. The minimum Gasteiger partial charge on any atom is -0.440 e. The third-order valence-electron chi connectivity index (χ3n) is 1.83. The molecule has 0 radical (unpaired) electrons. The second-order valence-electron chi connectivity index (χ2n) is 2.67. The number of esters is 1. The van der Waals surface area contributed by atoms with E-state index in [9.17, 15) is 4.79 Å². The number of likely N-dealkylation sites (N-methyl/N-ethyl adjacent to an activating group) is 1. The Kier molecular flexibility index (Phi) is 2.78. The normalized spacial score (nSPS) is 32.2. The monoisotopic (exact) mass is 231 g/mol. The molecule has 0 amide bonds. The average Bonchev–Trinajstić information content (AvgIpc) is 2.15. The van der Waals surface area contributed by atoms with Crippen molar-refractivity contribution in [1.29, 1.82) is 0 Å². The summed E-state index contributed by atoms with van der Waals surface area (Å²) in [5, 5.41) is 0. The van der Waals surface area contributed by atoms with Gasteiger partial charge in [-0.15, -0.1) is 0 Å². The molecule has 12 heavy (non-hydrogen) atoms. The number of hydrogen-bond acceptors (Lipinski definition) is 3. The van der Waals surface area contributed by atoms with Gasteiger partial charge >= 0.3 is 5.97 Å². The maximum absolute atomic E-state index is 11.0. The Morgan fingerprint density at radius 1 is 1.50 bits per heavy atom. The van der Waals surface area contributed by atoms with Gasteiger partial charge in [-0.2, -0.15) is 0 Å². The lowest BCUT2D eigenvalue weighted by Crippen LogP contribution is -2.40. The lowest BCUT2D eigenvalue weighted by molar-refractivity contribution is -0.142. The van der Waals surface area contributed by atoms with Crippen molar-refractivity contribution in [2.45, 2.75) is 23.0 Å². The molecule has 1 aliphatic heterocycles. The molecule has 3 nitrogen and oxygen atoms in total. The van der Waals surface area contributed by atoms with Crippen LogP contribution in [0, 0.1) is 0 Å². The highest BCUT2D eigenvalue weighted by molar-refractivity contribution is 6.68. The fourth-order valence-corrected chi connectivity index (χ4v) is 1.55. The quantitative estimate of drug-likeness (QED) is 0.469. The van der Waals surface area contributed by atoms with Gasteiger partial charge in [0.1, 0.15) is 6.04 Å². The van der Waals surface area contributed by atoms with Gasteiger partial charge in [-0.05, 0) is 14.0 Å². The molecule has 0 aliphatic carbocycles. The zero-order chi connectivity index (χ0) is 9.52. The predicted molar refractivity (Wildman–Crippen MR) is 47.4 cm³/mol. The van der Waals surface area contributed by atoms with E-state index in [0.29, 0.717) is 0 Å². The molecule has 70 valence electrons. The van der Waals surface area contributed by atoms with Crippen molar-refractivity contribution >= 4 is 40.8 Å². The summed E-state index contributed by atoms with van der Waals surface area (Å²) in [6.45, 7) is 1.69. The van der Waals surface area contributed by atoms with Crippen molar-refractivity contribution in [3.05, 3.63) is 0 Å². The van der Waals surface area contributed by atoms with Crippen molar-refractivity contribution in [3.8, 4) is 0 Å². The molecule has 0 N–H and O–H groups in total. The largest absolute Gasteiger partial charge is 0.440 e. The van der Waals surface area contributed by atoms with Gasteiger partial charge in [-0.25, -0.2) is 0 Å². The third kappa shape index (κ3) is 1.79. The van der Waals surface area contributed by atoms with Crippen LogP contribution in [-0.2, 0) is 9.53 Å². The van der Waals surface area contributed by atoms with Gasteiger partial charge in [0, 0.05) is 0 Å². The zero-order valence-electron chi connectivity index (χ0n) is 6.55. The maximum atomic E-state index is 11.0. The molecule has 0 aromatic carbocycles. The molecule has 1 aliphatic rings. The summed E-state index contributed by atoms with van der Waals surface area (Å²) in [5.41, 5.74) is 0. The molecule has 0 unspecified atom stereocenters. The van der Waals surface area contributed by atoms with Crippen molar-refractivity contribution in [3.63, 3.8) is 0 Å². The molecule has 1 rings (SSSR count). The Bertz CT molecular complexity index is 203. The molecule has 1 heterocycles. The molecular formula is C6H8Cl3NO2. The molecule has 1 fully saturated rings. The van der Waals surface area contributed by atoms with Gasteiger partial charge < -0.3 is 4.74 Å². The van der Waals surface area contributed by atoms with Crippen molar-refractivity contribution in [1.82, 2.24) is 4.90 Å². The number of ether oxygens (including phenoxy) is 1. The van der Waals surface area contributed by atoms with Crippen LogP contribution in [0.4, 0.5) is 0 Å². The van der Waals surface area contributed by atoms with Crippen LogP contribution in [0.3, 0.4) is 0 Å². The van der Waals surface area contributed by atoms with Gasteiger partial charge in [0.25, 0.3) is 0 Å². The maximum Gasteiger partial charge on any atom is 0.324 e. The molecular weight excluding hydrogens is 224 g/mol. The zero-order valence-corrected chi connectivity index (χ0v) is 8.82. The standard InChI is InChI=1S/C6H8Cl3NO2/c1-3-4(11)12-5(10(3)2)6(7,8)9/h3,5H,1-2H3/t3-,5+/m0/s1. The van der Waals surface area contributed by atoms with Gasteiger partial charge in [-0.1, -0.05) is 34.8 Å². The molecule has 0 bridgehead atoms. The van der Waals surface area contributed by atoms with E-state index in [1.165, 1.54) is 0 Å². The molecule has 1 saturated heterocycles. The molecule has 0 spiro atoms. The lowest BCUT2D eigenvalue weighted by Gasteiger charge is -2.24. The van der Waals surface area contributed by atoms with E-state index in [1.807, 2.05) is 0 Å². The smallest absolute Gasteiger partial charge is 0.324 e. The number of rotatable bonds is 0. The van der Waals surface area contributed by atoms with Crippen LogP contribution in [0.1, 0.15) is 6.92 Å². The number of carbonyl (C=O) groups excluding carboxylic acids is 1. The van der Waals surface area contributed by atoms with Gasteiger partial charge in [0.05, 0.1) is 0 Å². The number of carbonyl (C=O) groups is 1. The minimum atomic E-state index is -1.59. The highest BCUT2D eigenvalue weighted by Crippen LogP contribution is 2.37. The number of nitrogens with zero attached hydrogens (tertiary/aromatic N) is 1. The number of hydrogen-bond donors (Lipinski definition) is 0. The van der Waals surface area contributed by atoms with Gasteiger partial charge in [0.2, 0.25) is 10.0 Å². The van der Waals surface area contributed by atoms with Gasteiger partial charge in [-0.3, -0.25) is 9.69 Å². The minimum absolute atomic E-state index is 0.356. The number of halogens is 3. The van der Waals surface area contributed by atoms with Crippen molar-refractivity contribution in [2.24, 2.45) is 0 Å². The second-order valence-corrected chi connectivity index (χ2v) is 5.04. The van der Waals surface area contributed by atoms with Crippen LogP contribution in [0.15, 0.2) is 0 Å². The van der Waals surface area contributed by atoms with E-state index < -0.39 is 10.0 Å². The molecule has 0 saturated carbocycles. The first-order chi connectivity index (χ1) is 5.34. The fraction of sp³-hybridized carbons (Fsp3) is 0.833. The predicted octanol–water partition coefficient (Wildman–Crippen LogP) is 1.56. The van der Waals surface area contributed by atoms with E-state index in [4.69, 9.17) is 39.5 Å². The van der Waals surface area contributed by atoms with Crippen LogP contribution < -0.4 is 0 Å². The molecule has 0 aromatic heterocycles. The van der Waals surface area contributed by atoms with Gasteiger partial charge in [0.15, 0.2) is 0 Å². The average molecular weight is 232 g/mol. The Morgan fingerprint density at radius 3 is 2.17 bits per heavy atom.